The molecule has 0 radical (unpaired) electrons. The van der Waals surface area contributed by atoms with E-state index in [1.165, 1.54) is 17.5 Å². The SMILES string of the molecule is C[C@]12CC[C@@H]3c4ccc(O)cc4CC[C@H]3[C@@H]1CC[C@@]2(O)[C@@H]1CO1. The molecule has 6 atom stereocenters. The summed E-state index contributed by atoms with van der Waals surface area (Å²) in [6, 6.07) is 5.95. The topological polar surface area (TPSA) is 53.0 Å². The normalized spacial score (nSPS) is 47.6. The van der Waals surface area contributed by atoms with Gasteiger partial charge < -0.3 is 14.9 Å². The third kappa shape index (κ3) is 1.78. The number of aryl methyl sites for hydroxylation is 1. The molecular formula is C20H26O3. The first-order valence-corrected chi connectivity index (χ1v) is 9.19. The van der Waals surface area contributed by atoms with Crippen molar-refractivity contribution in [2.24, 2.45) is 17.3 Å². The number of aliphatic hydroxyl groups is 1. The molecule has 0 aromatic heterocycles. The maximum atomic E-state index is 11.3. The Morgan fingerprint density at radius 3 is 2.78 bits per heavy atom. The number of phenols is 1. The zero-order chi connectivity index (χ0) is 15.8. The minimum atomic E-state index is -0.599. The lowest BCUT2D eigenvalue weighted by Gasteiger charge is -2.53. The van der Waals surface area contributed by atoms with Gasteiger partial charge >= 0.3 is 0 Å². The van der Waals surface area contributed by atoms with E-state index in [-0.39, 0.29) is 11.5 Å². The van der Waals surface area contributed by atoms with Gasteiger partial charge in [0.05, 0.1) is 12.2 Å². The van der Waals surface area contributed by atoms with Crippen LogP contribution < -0.4 is 0 Å². The van der Waals surface area contributed by atoms with Crippen molar-refractivity contribution in [1.82, 2.24) is 0 Å². The van der Waals surface area contributed by atoms with Gasteiger partial charge in [-0.3, -0.25) is 0 Å². The molecule has 1 aromatic carbocycles. The number of phenolic OH excluding ortho intramolecular Hbond substituents is 1. The zero-order valence-corrected chi connectivity index (χ0v) is 13.8. The van der Waals surface area contributed by atoms with Gasteiger partial charge in [-0.2, -0.15) is 0 Å². The van der Waals surface area contributed by atoms with Crippen LogP contribution in [0, 0.1) is 17.3 Å². The monoisotopic (exact) mass is 314 g/mol. The quantitative estimate of drug-likeness (QED) is 0.781. The number of aromatic hydroxyl groups is 1. The van der Waals surface area contributed by atoms with Crippen LogP contribution in [0.15, 0.2) is 18.2 Å². The predicted molar refractivity (Wildman–Crippen MR) is 87.4 cm³/mol. The molecule has 3 heteroatoms. The van der Waals surface area contributed by atoms with E-state index in [2.05, 4.69) is 13.0 Å². The Balaban J connectivity index is 1.51. The molecule has 3 fully saturated rings. The van der Waals surface area contributed by atoms with Gasteiger partial charge in [-0.05, 0) is 79.5 Å². The van der Waals surface area contributed by atoms with Gasteiger partial charge in [0.15, 0.2) is 0 Å². The predicted octanol–water partition coefficient (Wildman–Crippen LogP) is 3.38. The largest absolute Gasteiger partial charge is 0.508 e. The molecule has 1 aliphatic heterocycles. The molecule has 124 valence electrons. The summed E-state index contributed by atoms with van der Waals surface area (Å²) in [5.41, 5.74) is 2.22. The summed E-state index contributed by atoms with van der Waals surface area (Å²) in [4.78, 5) is 0. The number of benzene rings is 1. The number of hydrogen-bond acceptors (Lipinski definition) is 3. The van der Waals surface area contributed by atoms with E-state index < -0.39 is 5.60 Å². The van der Waals surface area contributed by atoms with Crippen molar-refractivity contribution in [3.8, 4) is 5.75 Å². The van der Waals surface area contributed by atoms with Gasteiger partial charge in [-0.1, -0.05) is 13.0 Å². The van der Waals surface area contributed by atoms with Gasteiger partial charge in [0.2, 0.25) is 0 Å². The first-order valence-electron chi connectivity index (χ1n) is 9.19. The maximum absolute atomic E-state index is 11.3. The molecular weight excluding hydrogens is 288 g/mol. The molecule has 23 heavy (non-hydrogen) atoms. The van der Waals surface area contributed by atoms with Crippen molar-refractivity contribution >= 4 is 0 Å². The summed E-state index contributed by atoms with van der Waals surface area (Å²) in [5.74, 6) is 2.29. The fourth-order valence-corrected chi connectivity index (χ4v) is 6.47. The van der Waals surface area contributed by atoms with E-state index in [0.29, 0.717) is 23.5 Å². The number of rotatable bonds is 1. The van der Waals surface area contributed by atoms with Crippen molar-refractivity contribution in [1.29, 1.82) is 0 Å². The Bertz CT molecular complexity index is 652. The molecule has 1 aromatic rings. The Kier molecular flexibility index (Phi) is 2.81. The second kappa shape index (κ2) is 4.52. The minimum absolute atomic E-state index is 0.0176. The molecule has 0 unspecified atom stereocenters. The molecule has 5 rings (SSSR count). The minimum Gasteiger partial charge on any atom is -0.508 e. The molecule has 4 aliphatic rings. The fraction of sp³-hybridized carbons (Fsp3) is 0.700. The highest BCUT2D eigenvalue weighted by atomic mass is 16.6. The lowest BCUT2D eigenvalue weighted by Crippen LogP contribution is -2.53. The number of hydrogen-bond donors (Lipinski definition) is 2. The van der Waals surface area contributed by atoms with Crippen molar-refractivity contribution in [2.75, 3.05) is 6.61 Å². The molecule has 0 bridgehead atoms. The molecule has 1 saturated heterocycles. The van der Waals surface area contributed by atoms with Crippen molar-refractivity contribution < 1.29 is 14.9 Å². The van der Waals surface area contributed by atoms with E-state index in [4.69, 9.17) is 4.74 Å². The van der Waals surface area contributed by atoms with Crippen LogP contribution in [0.3, 0.4) is 0 Å². The molecule has 0 spiro atoms. The molecule has 2 saturated carbocycles. The van der Waals surface area contributed by atoms with Gasteiger partial charge in [0.25, 0.3) is 0 Å². The third-order valence-electron chi connectivity index (χ3n) is 7.79. The van der Waals surface area contributed by atoms with Crippen molar-refractivity contribution in [2.45, 2.75) is 63.1 Å². The van der Waals surface area contributed by atoms with Crippen LogP contribution in [0.5, 0.6) is 5.75 Å². The summed E-state index contributed by atoms with van der Waals surface area (Å²) in [7, 11) is 0. The first kappa shape index (κ1) is 14.3. The van der Waals surface area contributed by atoms with Crippen LogP contribution in [0.4, 0.5) is 0 Å². The highest BCUT2D eigenvalue weighted by molar-refractivity contribution is 5.40. The summed E-state index contributed by atoms with van der Waals surface area (Å²) < 4.78 is 5.54. The summed E-state index contributed by atoms with van der Waals surface area (Å²) in [6.07, 6.45) is 6.65. The van der Waals surface area contributed by atoms with Crippen LogP contribution in [-0.4, -0.2) is 28.5 Å². The molecule has 0 amide bonds. The third-order valence-corrected chi connectivity index (χ3v) is 7.79. The van der Waals surface area contributed by atoms with Gasteiger partial charge in [-0.25, -0.2) is 0 Å². The van der Waals surface area contributed by atoms with E-state index in [1.54, 1.807) is 0 Å². The van der Waals surface area contributed by atoms with Crippen LogP contribution in [0.2, 0.25) is 0 Å². The highest BCUT2D eigenvalue weighted by Crippen LogP contribution is 2.66. The van der Waals surface area contributed by atoms with Crippen LogP contribution in [0.25, 0.3) is 0 Å². The molecule has 2 N–H and O–H groups in total. The van der Waals surface area contributed by atoms with Gasteiger partial charge in [0, 0.05) is 5.41 Å². The highest BCUT2D eigenvalue weighted by Gasteiger charge is 2.66. The molecule has 1 heterocycles. The Morgan fingerprint density at radius 2 is 2.00 bits per heavy atom. The smallest absolute Gasteiger partial charge is 0.115 e. The van der Waals surface area contributed by atoms with E-state index >= 15 is 0 Å². The Morgan fingerprint density at radius 1 is 1.17 bits per heavy atom. The molecule has 3 aliphatic carbocycles. The van der Waals surface area contributed by atoms with E-state index in [9.17, 15) is 10.2 Å². The average Bonchev–Trinajstić information content (AvgIpc) is 3.34. The van der Waals surface area contributed by atoms with Crippen LogP contribution in [0.1, 0.15) is 56.1 Å². The second-order valence-electron chi connectivity index (χ2n) is 8.54. The Labute approximate surface area is 137 Å². The second-order valence-corrected chi connectivity index (χ2v) is 8.54. The lowest BCUT2D eigenvalue weighted by molar-refractivity contribution is -0.116. The zero-order valence-electron chi connectivity index (χ0n) is 13.8. The van der Waals surface area contributed by atoms with Gasteiger partial charge in [-0.15, -0.1) is 0 Å². The summed E-state index contributed by atoms with van der Waals surface area (Å²) in [5, 5.41) is 21.1. The van der Waals surface area contributed by atoms with Gasteiger partial charge in [0.1, 0.15) is 11.9 Å². The fourth-order valence-electron chi connectivity index (χ4n) is 6.47. The first-order chi connectivity index (χ1) is 11.0. The molecule has 3 nitrogen and oxygen atoms in total. The van der Waals surface area contributed by atoms with Crippen molar-refractivity contribution in [3.05, 3.63) is 29.3 Å². The van der Waals surface area contributed by atoms with E-state index in [1.807, 2.05) is 12.1 Å². The summed E-state index contributed by atoms with van der Waals surface area (Å²) in [6.45, 7) is 3.07. The van der Waals surface area contributed by atoms with Crippen LogP contribution in [-0.2, 0) is 11.2 Å². The Hall–Kier alpha value is -1.06. The maximum Gasteiger partial charge on any atom is 0.115 e. The van der Waals surface area contributed by atoms with E-state index in [0.717, 1.165) is 38.7 Å². The van der Waals surface area contributed by atoms with Crippen LogP contribution >= 0.6 is 0 Å². The number of ether oxygens (including phenoxy) is 1. The standard InChI is InChI=1S/C20H26O3/c1-19-8-6-15-14-5-3-13(21)10-12(14)2-4-16(15)17(19)7-9-20(19,22)18-11-23-18/h3,5,10,15-18,21-22H,2,4,6-9,11H2,1H3/t15-,16-,17+,18+,19+,20-/m1/s1. The number of epoxide rings is 1. The number of fused-ring (bicyclic) bond motifs is 5. The summed E-state index contributed by atoms with van der Waals surface area (Å²) >= 11 is 0. The average molecular weight is 314 g/mol. The van der Waals surface area contributed by atoms with Crippen molar-refractivity contribution in [3.63, 3.8) is 0 Å². The lowest BCUT2D eigenvalue weighted by atomic mass is 9.53.